The molecule has 3 aromatic rings. The second kappa shape index (κ2) is 7.09. The van der Waals surface area contributed by atoms with Gasteiger partial charge in [-0.1, -0.05) is 25.1 Å². The fourth-order valence-corrected chi connectivity index (χ4v) is 2.75. The fourth-order valence-electron chi connectivity index (χ4n) is 2.75. The number of rotatable bonds is 6. The van der Waals surface area contributed by atoms with Crippen LogP contribution in [-0.4, -0.2) is 17.4 Å². The van der Waals surface area contributed by atoms with Crippen molar-refractivity contribution >= 4 is 16.9 Å². The summed E-state index contributed by atoms with van der Waals surface area (Å²) in [5, 5.41) is 4.02. The van der Waals surface area contributed by atoms with Crippen LogP contribution < -0.4 is 5.32 Å². The topological polar surface area (TPSA) is 55.1 Å². The Labute approximate surface area is 135 Å². The number of aryl methyl sites for hydroxylation is 1. The standard InChI is InChI=1S/C19H20N2O2/c1-2-17-16(15-5-3-4-6-18(15)23-17)13-19(22)21-12-9-14-7-10-20-11-8-14/h3-8,10-11H,2,9,12-13H2,1H3,(H,21,22). The number of fused-ring (bicyclic) bond motifs is 1. The lowest BCUT2D eigenvalue weighted by molar-refractivity contribution is -0.120. The van der Waals surface area contributed by atoms with Crippen molar-refractivity contribution in [2.75, 3.05) is 6.54 Å². The Balaban J connectivity index is 1.64. The van der Waals surface area contributed by atoms with Crippen LogP contribution in [0.5, 0.6) is 0 Å². The van der Waals surface area contributed by atoms with Crippen molar-refractivity contribution in [1.82, 2.24) is 10.3 Å². The van der Waals surface area contributed by atoms with Crippen LogP contribution in [0, 0.1) is 0 Å². The van der Waals surface area contributed by atoms with Crippen LogP contribution in [0.4, 0.5) is 0 Å². The molecule has 0 saturated carbocycles. The first kappa shape index (κ1) is 15.3. The van der Waals surface area contributed by atoms with Crippen molar-refractivity contribution in [3.8, 4) is 0 Å². The molecule has 1 amide bonds. The average Bonchev–Trinajstić information content (AvgIpc) is 2.94. The van der Waals surface area contributed by atoms with Crippen molar-refractivity contribution < 1.29 is 9.21 Å². The van der Waals surface area contributed by atoms with Gasteiger partial charge in [0.1, 0.15) is 11.3 Å². The van der Waals surface area contributed by atoms with Gasteiger partial charge >= 0.3 is 0 Å². The monoisotopic (exact) mass is 308 g/mol. The summed E-state index contributed by atoms with van der Waals surface area (Å²) in [6, 6.07) is 11.8. The molecule has 2 heterocycles. The highest BCUT2D eigenvalue weighted by Gasteiger charge is 2.15. The van der Waals surface area contributed by atoms with Gasteiger partial charge < -0.3 is 9.73 Å². The smallest absolute Gasteiger partial charge is 0.224 e. The zero-order valence-electron chi connectivity index (χ0n) is 13.2. The highest BCUT2D eigenvalue weighted by atomic mass is 16.3. The molecule has 0 unspecified atom stereocenters. The van der Waals surface area contributed by atoms with Gasteiger partial charge in [-0.2, -0.15) is 0 Å². The highest BCUT2D eigenvalue weighted by Crippen LogP contribution is 2.26. The highest BCUT2D eigenvalue weighted by molar-refractivity contribution is 5.88. The number of para-hydroxylation sites is 1. The second-order valence-electron chi connectivity index (χ2n) is 5.49. The van der Waals surface area contributed by atoms with E-state index in [1.165, 1.54) is 5.56 Å². The zero-order valence-corrected chi connectivity index (χ0v) is 13.2. The molecule has 0 aliphatic carbocycles. The van der Waals surface area contributed by atoms with Crippen molar-refractivity contribution in [2.45, 2.75) is 26.2 Å². The first-order chi connectivity index (χ1) is 11.3. The number of nitrogens with one attached hydrogen (secondary N) is 1. The van der Waals surface area contributed by atoms with Gasteiger partial charge in [-0.05, 0) is 30.2 Å². The third-order valence-corrected chi connectivity index (χ3v) is 3.93. The summed E-state index contributed by atoms with van der Waals surface area (Å²) >= 11 is 0. The number of aromatic nitrogens is 1. The van der Waals surface area contributed by atoms with E-state index in [0.717, 1.165) is 35.1 Å². The number of hydrogen-bond acceptors (Lipinski definition) is 3. The number of carbonyl (C=O) groups is 1. The number of furan rings is 1. The van der Waals surface area contributed by atoms with Crippen molar-refractivity contribution in [1.29, 1.82) is 0 Å². The van der Waals surface area contributed by atoms with Crippen LogP contribution in [0.1, 0.15) is 23.8 Å². The average molecular weight is 308 g/mol. The summed E-state index contributed by atoms with van der Waals surface area (Å²) in [5.74, 6) is 0.927. The second-order valence-corrected chi connectivity index (χ2v) is 5.49. The maximum atomic E-state index is 12.2. The van der Waals surface area contributed by atoms with Crippen LogP contribution >= 0.6 is 0 Å². The summed E-state index contributed by atoms with van der Waals surface area (Å²) in [6.45, 7) is 2.67. The lowest BCUT2D eigenvalue weighted by Crippen LogP contribution is -2.27. The van der Waals surface area contributed by atoms with E-state index >= 15 is 0 Å². The summed E-state index contributed by atoms with van der Waals surface area (Å²) < 4.78 is 5.84. The molecule has 4 heteroatoms. The number of benzene rings is 1. The molecule has 23 heavy (non-hydrogen) atoms. The molecular formula is C19H20N2O2. The molecule has 118 valence electrons. The van der Waals surface area contributed by atoms with Crippen LogP contribution in [0.15, 0.2) is 53.2 Å². The molecule has 0 aliphatic rings. The zero-order chi connectivity index (χ0) is 16.1. The van der Waals surface area contributed by atoms with E-state index in [2.05, 4.69) is 10.3 Å². The lowest BCUT2D eigenvalue weighted by Gasteiger charge is -2.06. The van der Waals surface area contributed by atoms with Gasteiger partial charge in [-0.25, -0.2) is 0 Å². The molecule has 0 radical (unpaired) electrons. The van der Waals surface area contributed by atoms with E-state index in [-0.39, 0.29) is 5.91 Å². The third-order valence-electron chi connectivity index (χ3n) is 3.93. The minimum atomic E-state index is 0.0281. The van der Waals surface area contributed by atoms with Crippen LogP contribution in [-0.2, 0) is 24.1 Å². The fraction of sp³-hybridized carbons (Fsp3) is 0.263. The third kappa shape index (κ3) is 3.59. The lowest BCUT2D eigenvalue weighted by atomic mass is 10.1. The SMILES string of the molecule is CCc1oc2ccccc2c1CC(=O)NCCc1ccncc1. The van der Waals surface area contributed by atoms with Gasteiger partial charge in [0.05, 0.1) is 6.42 Å². The van der Waals surface area contributed by atoms with Crippen molar-refractivity contribution in [3.05, 3.63) is 65.7 Å². The van der Waals surface area contributed by atoms with E-state index in [4.69, 9.17) is 4.42 Å². The van der Waals surface area contributed by atoms with E-state index in [0.29, 0.717) is 13.0 Å². The van der Waals surface area contributed by atoms with Crippen LogP contribution in [0.2, 0.25) is 0 Å². The van der Waals surface area contributed by atoms with E-state index in [9.17, 15) is 4.79 Å². The van der Waals surface area contributed by atoms with Crippen molar-refractivity contribution in [3.63, 3.8) is 0 Å². The van der Waals surface area contributed by atoms with E-state index < -0.39 is 0 Å². The first-order valence-electron chi connectivity index (χ1n) is 7.93. The number of amides is 1. The molecule has 1 N–H and O–H groups in total. The molecule has 1 aromatic carbocycles. The van der Waals surface area contributed by atoms with Gasteiger partial charge in [-0.3, -0.25) is 9.78 Å². The van der Waals surface area contributed by atoms with Gasteiger partial charge in [-0.15, -0.1) is 0 Å². The molecule has 0 atom stereocenters. The van der Waals surface area contributed by atoms with E-state index in [1.807, 2.05) is 43.3 Å². The Kier molecular flexibility index (Phi) is 4.71. The molecule has 0 aliphatic heterocycles. The first-order valence-corrected chi connectivity index (χ1v) is 7.93. The van der Waals surface area contributed by atoms with Gasteiger partial charge in [0.15, 0.2) is 0 Å². The molecular weight excluding hydrogens is 288 g/mol. The Morgan fingerprint density at radius 2 is 1.96 bits per heavy atom. The Hall–Kier alpha value is -2.62. The quantitative estimate of drug-likeness (QED) is 0.760. The number of carbonyl (C=O) groups excluding carboxylic acids is 1. The number of hydrogen-bond donors (Lipinski definition) is 1. The number of nitrogens with zero attached hydrogens (tertiary/aromatic N) is 1. The molecule has 0 saturated heterocycles. The Morgan fingerprint density at radius 1 is 1.17 bits per heavy atom. The summed E-state index contributed by atoms with van der Waals surface area (Å²) in [4.78, 5) is 16.2. The Morgan fingerprint density at radius 3 is 2.74 bits per heavy atom. The minimum Gasteiger partial charge on any atom is -0.461 e. The van der Waals surface area contributed by atoms with E-state index in [1.54, 1.807) is 12.4 Å². The predicted octanol–water partition coefficient (Wildman–Crippen LogP) is 3.29. The normalized spacial score (nSPS) is 10.8. The molecule has 0 spiro atoms. The molecule has 3 rings (SSSR count). The van der Waals surface area contributed by atoms with Gasteiger partial charge in [0.2, 0.25) is 5.91 Å². The van der Waals surface area contributed by atoms with Gasteiger partial charge in [0, 0.05) is 36.3 Å². The summed E-state index contributed by atoms with van der Waals surface area (Å²) in [6.07, 6.45) is 5.48. The molecule has 4 nitrogen and oxygen atoms in total. The summed E-state index contributed by atoms with van der Waals surface area (Å²) in [7, 11) is 0. The number of pyridine rings is 1. The summed E-state index contributed by atoms with van der Waals surface area (Å²) in [5.41, 5.74) is 3.02. The maximum Gasteiger partial charge on any atom is 0.224 e. The largest absolute Gasteiger partial charge is 0.461 e. The molecule has 0 fully saturated rings. The van der Waals surface area contributed by atoms with Crippen LogP contribution in [0.3, 0.4) is 0 Å². The van der Waals surface area contributed by atoms with Gasteiger partial charge in [0.25, 0.3) is 0 Å². The Bertz CT molecular complexity index is 793. The molecule has 2 aromatic heterocycles. The molecule has 0 bridgehead atoms. The predicted molar refractivity (Wildman–Crippen MR) is 90.2 cm³/mol. The van der Waals surface area contributed by atoms with Crippen LogP contribution in [0.25, 0.3) is 11.0 Å². The maximum absolute atomic E-state index is 12.2. The van der Waals surface area contributed by atoms with Crippen molar-refractivity contribution in [2.24, 2.45) is 0 Å². The minimum absolute atomic E-state index is 0.0281.